The van der Waals surface area contributed by atoms with E-state index in [0.717, 1.165) is 22.7 Å². The second-order valence-corrected chi connectivity index (χ2v) is 9.26. The van der Waals surface area contributed by atoms with Gasteiger partial charge in [-0.2, -0.15) is 5.10 Å². The van der Waals surface area contributed by atoms with E-state index in [0.29, 0.717) is 54.1 Å². The standard InChI is InChI=1S/C29H29ClN4O4/c1-36-22-12-13-23(28(18-22)38-3)24-19-26(34(31-24)21-10-8-20(30)9-11-21)29(35)33-16-14-32(15-17-33)25-6-4-5-7-27(25)37-2/h4-13,18-19H,14-17H2,1-3H3. The molecule has 1 fully saturated rings. The number of anilines is 1. The molecule has 2 heterocycles. The van der Waals surface area contributed by atoms with Crippen LogP contribution in [0, 0.1) is 0 Å². The number of para-hydroxylation sites is 2. The Morgan fingerprint density at radius 1 is 0.816 bits per heavy atom. The highest BCUT2D eigenvalue weighted by Crippen LogP contribution is 2.34. The van der Waals surface area contributed by atoms with E-state index in [4.69, 9.17) is 30.9 Å². The molecule has 0 saturated carbocycles. The van der Waals surface area contributed by atoms with Crippen LogP contribution in [0.1, 0.15) is 10.5 Å². The highest BCUT2D eigenvalue weighted by Gasteiger charge is 2.28. The maximum Gasteiger partial charge on any atom is 0.272 e. The second-order valence-electron chi connectivity index (χ2n) is 8.82. The van der Waals surface area contributed by atoms with Gasteiger partial charge in [-0.05, 0) is 54.6 Å². The fourth-order valence-electron chi connectivity index (χ4n) is 4.66. The van der Waals surface area contributed by atoms with Crippen molar-refractivity contribution in [3.05, 3.63) is 83.5 Å². The van der Waals surface area contributed by atoms with Crippen molar-refractivity contribution in [2.45, 2.75) is 0 Å². The minimum Gasteiger partial charge on any atom is -0.497 e. The van der Waals surface area contributed by atoms with Gasteiger partial charge in [-0.25, -0.2) is 4.68 Å². The van der Waals surface area contributed by atoms with Crippen molar-refractivity contribution in [3.8, 4) is 34.2 Å². The molecule has 8 nitrogen and oxygen atoms in total. The Kier molecular flexibility index (Phi) is 7.42. The number of hydrogen-bond acceptors (Lipinski definition) is 6. The number of hydrogen-bond donors (Lipinski definition) is 0. The molecule has 38 heavy (non-hydrogen) atoms. The van der Waals surface area contributed by atoms with Crippen molar-refractivity contribution in [1.29, 1.82) is 0 Å². The normalized spacial score (nSPS) is 13.4. The lowest BCUT2D eigenvalue weighted by Crippen LogP contribution is -2.49. The van der Waals surface area contributed by atoms with Crippen LogP contribution in [0.3, 0.4) is 0 Å². The first-order valence-corrected chi connectivity index (χ1v) is 12.7. The SMILES string of the molecule is COc1ccc(-c2cc(C(=O)N3CCN(c4ccccc4OC)CC3)n(-c3ccc(Cl)cc3)n2)c(OC)c1. The molecular formula is C29H29ClN4O4. The Morgan fingerprint density at radius 2 is 1.53 bits per heavy atom. The molecule has 0 atom stereocenters. The summed E-state index contributed by atoms with van der Waals surface area (Å²) < 4.78 is 18.1. The van der Waals surface area contributed by atoms with Gasteiger partial charge in [-0.3, -0.25) is 4.79 Å². The molecule has 1 aromatic heterocycles. The molecule has 4 aromatic rings. The Bertz CT molecular complexity index is 1430. The number of piperazine rings is 1. The van der Waals surface area contributed by atoms with Gasteiger partial charge in [0.1, 0.15) is 22.9 Å². The van der Waals surface area contributed by atoms with Crippen LogP contribution in [0.25, 0.3) is 16.9 Å². The topological polar surface area (TPSA) is 69.1 Å². The van der Waals surface area contributed by atoms with E-state index in [-0.39, 0.29) is 5.91 Å². The first kappa shape index (κ1) is 25.5. The third-order valence-electron chi connectivity index (χ3n) is 6.68. The summed E-state index contributed by atoms with van der Waals surface area (Å²) in [5.74, 6) is 2.01. The number of ether oxygens (including phenoxy) is 3. The lowest BCUT2D eigenvalue weighted by Gasteiger charge is -2.36. The van der Waals surface area contributed by atoms with Crippen LogP contribution >= 0.6 is 11.6 Å². The van der Waals surface area contributed by atoms with Crippen molar-refractivity contribution in [3.63, 3.8) is 0 Å². The smallest absolute Gasteiger partial charge is 0.272 e. The van der Waals surface area contributed by atoms with E-state index in [2.05, 4.69) is 4.90 Å². The lowest BCUT2D eigenvalue weighted by molar-refractivity contribution is 0.0737. The molecule has 0 bridgehead atoms. The molecule has 1 aliphatic rings. The average Bonchev–Trinajstić information content (AvgIpc) is 3.42. The van der Waals surface area contributed by atoms with Gasteiger partial charge >= 0.3 is 0 Å². The van der Waals surface area contributed by atoms with Crippen LogP contribution in [-0.2, 0) is 0 Å². The Balaban J connectivity index is 1.46. The molecule has 3 aromatic carbocycles. The Labute approximate surface area is 226 Å². The van der Waals surface area contributed by atoms with Gasteiger partial charge in [0.05, 0.1) is 38.4 Å². The fraction of sp³-hybridized carbons (Fsp3) is 0.241. The van der Waals surface area contributed by atoms with E-state index < -0.39 is 0 Å². The molecule has 0 N–H and O–H groups in total. The summed E-state index contributed by atoms with van der Waals surface area (Å²) in [6.45, 7) is 2.54. The van der Waals surface area contributed by atoms with E-state index in [1.807, 2.05) is 59.5 Å². The van der Waals surface area contributed by atoms with Crippen molar-refractivity contribution >= 4 is 23.2 Å². The predicted molar refractivity (Wildman–Crippen MR) is 148 cm³/mol. The van der Waals surface area contributed by atoms with E-state index in [1.54, 1.807) is 44.2 Å². The molecule has 1 amide bonds. The van der Waals surface area contributed by atoms with E-state index in [1.165, 1.54) is 0 Å². The number of aromatic nitrogens is 2. The summed E-state index contributed by atoms with van der Waals surface area (Å²) >= 11 is 6.13. The molecule has 1 aliphatic heterocycles. The number of methoxy groups -OCH3 is 3. The van der Waals surface area contributed by atoms with Gasteiger partial charge in [0, 0.05) is 42.8 Å². The minimum atomic E-state index is -0.0918. The van der Waals surface area contributed by atoms with E-state index >= 15 is 0 Å². The lowest BCUT2D eigenvalue weighted by atomic mass is 10.1. The van der Waals surface area contributed by atoms with Gasteiger partial charge in [-0.1, -0.05) is 23.7 Å². The van der Waals surface area contributed by atoms with E-state index in [9.17, 15) is 4.79 Å². The molecule has 9 heteroatoms. The molecule has 196 valence electrons. The predicted octanol–water partition coefficient (Wildman–Crippen LogP) is 5.18. The maximum atomic E-state index is 13.9. The van der Waals surface area contributed by atoms with Gasteiger partial charge < -0.3 is 24.0 Å². The van der Waals surface area contributed by atoms with Crippen molar-refractivity contribution < 1.29 is 19.0 Å². The molecule has 0 aliphatic carbocycles. The zero-order valence-electron chi connectivity index (χ0n) is 21.6. The summed E-state index contributed by atoms with van der Waals surface area (Å²) in [6.07, 6.45) is 0. The Morgan fingerprint density at radius 3 is 2.21 bits per heavy atom. The summed E-state index contributed by atoms with van der Waals surface area (Å²) in [5, 5.41) is 5.43. The number of nitrogens with zero attached hydrogens (tertiary/aromatic N) is 4. The third-order valence-corrected chi connectivity index (χ3v) is 6.93. The quantitative estimate of drug-likeness (QED) is 0.327. The third kappa shape index (κ3) is 4.99. The van der Waals surface area contributed by atoms with Crippen LogP contribution in [0.5, 0.6) is 17.2 Å². The summed E-state index contributed by atoms with van der Waals surface area (Å²) in [7, 11) is 4.88. The van der Waals surface area contributed by atoms with Crippen LogP contribution in [0.4, 0.5) is 5.69 Å². The van der Waals surface area contributed by atoms with Gasteiger partial charge in [0.2, 0.25) is 0 Å². The largest absolute Gasteiger partial charge is 0.497 e. The van der Waals surface area contributed by atoms with Crippen molar-refractivity contribution in [2.75, 3.05) is 52.4 Å². The van der Waals surface area contributed by atoms with Crippen molar-refractivity contribution in [1.82, 2.24) is 14.7 Å². The van der Waals surface area contributed by atoms with Crippen LogP contribution < -0.4 is 19.1 Å². The van der Waals surface area contributed by atoms with Crippen LogP contribution in [0.15, 0.2) is 72.8 Å². The number of halogens is 1. The zero-order valence-corrected chi connectivity index (χ0v) is 22.3. The zero-order chi connectivity index (χ0) is 26.6. The summed E-state index contributed by atoms with van der Waals surface area (Å²) in [5.41, 5.74) is 3.61. The fourth-order valence-corrected chi connectivity index (χ4v) is 4.78. The molecular weight excluding hydrogens is 504 g/mol. The monoisotopic (exact) mass is 532 g/mol. The highest BCUT2D eigenvalue weighted by molar-refractivity contribution is 6.30. The number of carbonyl (C=O) groups excluding carboxylic acids is 1. The van der Waals surface area contributed by atoms with Crippen LogP contribution in [0.2, 0.25) is 5.02 Å². The molecule has 0 unspecified atom stereocenters. The number of benzene rings is 3. The Hall–Kier alpha value is -4.17. The number of carbonyl (C=O) groups is 1. The summed E-state index contributed by atoms with van der Waals surface area (Å²) in [6, 6.07) is 22.5. The molecule has 5 rings (SSSR count). The van der Waals surface area contributed by atoms with Gasteiger partial charge in [0.25, 0.3) is 5.91 Å². The summed E-state index contributed by atoms with van der Waals surface area (Å²) in [4.78, 5) is 18.0. The first-order chi connectivity index (χ1) is 18.5. The second kappa shape index (κ2) is 11.1. The number of amides is 1. The molecule has 1 saturated heterocycles. The molecule has 0 spiro atoms. The average molecular weight is 533 g/mol. The van der Waals surface area contributed by atoms with Gasteiger partial charge in [0.15, 0.2) is 0 Å². The van der Waals surface area contributed by atoms with Crippen molar-refractivity contribution in [2.24, 2.45) is 0 Å². The maximum absolute atomic E-state index is 13.9. The van der Waals surface area contributed by atoms with Crippen LogP contribution in [-0.4, -0.2) is 68.1 Å². The van der Waals surface area contributed by atoms with Gasteiger partial charge in [-0.15, -0.1) is 0 Å². The highest BCUT2D eigenvalue weighted by atomic mass is 35.5. The first-order valence-electron chi connectivity index (χ1n) is 12.3. The minimum absolute atomic E-state index is 0.0918. The molecule has 0 radical (unpaired) electrons. The number of rotatable bonds is 7.